The van der Waals surface area contributed by atoms with Crippen molar-refractivity contribution in [3.8, 4) is 17.6 Å². The molecule has 0 amide bonds. The van der Waals surface area contributed by atoms with Gasteiger partial charge in [0.2, 0.25) is 0 Å². The fourth-order valence-corrected chi connectivity index (χ4v) is 2.74. The largest absolute Gasteiger partial charge is 0.490 e. The van der Waals surface area contributed by atoms with Gasteiger partial charge in [-0.25, -0.2) is 0 Å². The third-order valence-electron chi connectivity index (χ3n) is 4.19. The van der Waals surface area contributed by atoms with Gasteiger partial charge in [0, 0.05) is 12.5 Å². The van der Waals surface area contributed by atoms with Crippen LogP contribution < -0.4 is 15.2 Å². The molecule has 0 aromatic heterocycles. The number of nitriles is 1. The molecule has 2 N–H and O–H groups in total. The monoisotopic (exact) mass is 258 g/mol. The summed E-state index contributed by atoms with van der Waals surface area (Å²) in [6.07, 6.45) is 3.75. The lowest BCUT2D eigenvalue weighted by Gasteiger charge is -2.40. The van der Waals surface area contributed by atoms with Crippen molar-refractivity contribution in [2.75, 3.05) is 13.2 Å². The molecular formula is C15H18N2O2. The van der Waals surface area contributed by atoms with Crippen LogP contribution in [-0.4, -0.2) is 13.2 Å². The molecule has 1 fully saturated rings. The van der Waals surface area contributed by atoms with E-state index in [0.717, 1.165) is 42.7 Å². The van der Waals surface area contributed by atoms with E-state index in [1.54, 1.807) is 0 Å². The Morgan fingerprint density at radius 2 is 1.89 bits per heavy atom. The number of hydrogen-bond acceptors (Lipinski definition) is 4. The lowest BCUT2D eigenvalue weighted by atomic mass is 9.64. The van der Waals surface area contributed by atoms with Gasteiger partial charge in [0.1, 0.15) is 0 Å². The van der Waals surface area contributed by atoms with Crippen molar-refractivity contribution in [3.05, 3.63) is 23.8 Å². The van der Waals surface area contributed by atoms with Crippen LogP contribution >= 0.6 is 0 Å². The maximum Gasteiger partial charge on any atom is 0.161 e. The first-order valence-electron chi connectivity index (χ1n) is 6.82. The zero-order valence-electron chi connectivity index (χ0n) is 10.9. The minimum Gasteiger partial charge on any atom is -0.490 e. The third kappa shape index (κ3) is 2.04. The molecule has 1 atom stereocenters. The van der Waals surface area contributed by atoms with Crippen molar-refractivity contribution in [3.63, 3.8) is 0 Å². The molecule has 0 spiro atoms. The van der Waals surface area contributed by atoms with Crippen LogP contribution in [0.5, 0.6) is 11.5 Å². The second kappa shape index (κ2) is 4.75. The fourth-order valence-electron chi connectivity index (χ4n) is 2.74. The quantitative estimate of drug-likeness (QED) is 0.885. The highest BCUT2D eigenvalue weighted by atomic mass is 16.5. The van der Waals surface area contributed by atoms with E-state index >= 15 is 0 Å². The summed E-state index contributed by atoms with van der Waals surface area (Å²) in [6, 6.07) is 7.95. The molecule has 1 aromatic carbocycles. The van der Waals surface area contributed by atoms with Gasteiger partial charge < -0.3 is 15.2 Å². The SMILES string of the molecule is N#CC1(C(N)c2ccc3c(c2)OCCCO3)CCC1. The first-order valence-corrected chi connectivity index (χ1v) is 6.82. The molecule has 100 valence electrons. The molecule has 4 nitrogen and oxygen atoms in total. The van der Waals surface area contributed by atoms with Crippen molar-refractivity contribution < 1.29 is 9.47 Å². The Balaban J connectivity index is 1.89. The van der Waals surface area contributed by atoms with E-state index in [-0.39, 0.29) is 11.5 Å². The Bertz CT molecular complexity index is 517. The Hall–Kier alpha value is -1.73. The summed E-state index contributed by atoms with van der Waals surface area (Å²) in [6.45, 7) is 1.34. The minimum absolute atomic E-state index is 0.247. The summed E-state index contributed by atoms with van der Waals surface area (Å²) in [5.74, 6) is 1.52. The maximum absolute atomic E-state index is 9.37. The van der Waals surface area contributed by atoms with Gasteiger partial charge in [-0.1, -0.05) is 12.5 Å². The lowest BCUT2D eigenvalue weighted by molar-refractivity contribution is 0.168. The first-order chi connectivity index (χ1) is 9.25. The Morgan fingerprint density at radius 3 is 2.53 bits per heavy atom. The van der Waals surface area contributed by atoms with Crippen molar-refractivity contribution in [1.82, 2.24) is 0 Å². The van der Waals surface area contributed by atoms with E-state index in [1.165, 1.54) is 0 Å². The Kier molecular flexibility index (Phi) is 3.08. The van der Waals surface area contributed by atoms with Gasteiger partial charge in [-0.15, -0.1) is 0 Å². The van der Waals surface area contributed by atoms with Crippen LogP contribution in [0.15, 0.2) is 18.2 Å². The van der Waals surface area contributed by atoms with Gasteiger partial charge in [-0.2, -0.15) is 5.26 Å². The average Bonchev–Trinajstić information content (AvgIpc) is 2.62. The van der Waals surface area contributed by atoms with E-state index in [4.69, 9.17) is 15.2 Å². The van der Waals surface area contributed by atoms with E-state index in [2.05, 4.69) is 6.07 Å². The molecule has 1 aliphatic heterocycles. The summed E-state index contributed by atoms with van der Waals surface area (Å²) in [5.41, 5.74) is 6.87. The van der Waals surface area contributed by atoms with Crippen molar-refractivity contribution >= 4 is 0 Å². The second-order valence-corrected chi connectivity index (χ2v) is 5.36. The highest BCUT2D eigenvalue weighted by molar-refractivity contribution is 5.45. The lowest BCUT2D eigenvalue weighted by Crippen LogP contribution is -2.39. The minimum atomic E-state index is -0.389. The number of ether oxygens (including phenoxy) is 2. The van der Waals surface area contributed by atoms with Gasteiger partial charge in [0.15, 0.2) is 11.5 Å². The van der Waals surface area contributed by atoms with Crippen molar-refractivity contribution in [1.29, 1.82) is 5.26 Å². The smallest absolute Gasteiger partial charge is 0.161 e. The average molecular weight is 258 g/mol. The molecule has 19 heavy (non-hydrogen) atoms. The van der Waals surface area contributed by atoms with E-state index in [9.17, 15) is 5.26 Å². The Labute approximate surface area is 113 Å². The number of nitrogens with two attached hydrogens (primary N) is 1. The van der Waals surface area contributed by atoms with E-state index in [0.29, 0.717) is 13.2 Å². The number of benzene rings is 1. The molecule has 3 rings (SSSR count). The molecular weight excluding hydrogens is 240 g/mol. The standard InChI is InChI=1S/C15H18N2O2/c16-10-15(5-1-6-15)14(17)11-3-4-12-13(9-11)19-8-2-7-18-12/h3-4,9,14H,1-2,5-8,17H2. The topological polar surface area (TPSA) is 68.3 Å². The van der Waals surface area contributed by atoms with Gasteiger partial charge in [0.25, 0.3) is 0 Å². The number of rotatable bonds is 2. The number of nitrogens with zero attached hydrogens (tertiary/aromatic N) is 1. The van der Waals surface area contributed by atoms with Crippen LogP contribution in [0.2, 0.25) is 0 Å². The molecule has 1 aliphatic carbocycles. The molecule has 1 saturated carbocycles. The summed E-state index contributed by atoms with van der Waals surface area (Å²) >= 11 is 0. The number of hydrogen-bond donors (Lipinski definition) is 1. The normalized spacial score (nSPS) is 21.7. The number of fused-ring (bicyclic) bond motifs is 1. The van der Waals surface area contributed by atoms with E-state index < -0.39 is 0 Å². The second-order valence-electron chi connectivity index (χ2n) is 5.36. The third-order valence-corrected chi connectivity index (χ3v) is 4.19. The van der Waals surface area contributed by atoms with Crippen molar-refractivity contribution in [2.24, 2.45) is 11.1 Å². The predicted molar refractivity (Wildman–Crippen MR) is 70.9 cm³/mol. The summed E-state index contributed by atoms with van der Waals surface area (Å²) < 4.78 is 11.3. The Morgan fingerprint density at radius 1 is 1.16 bits per heavy atom. The van der Waals surface area contributed by atoms with E-state index in [1.807, 2.05) is 18.2 Å². The predicted octanol–water partition coefficient (Wildman–Crippen LogP) is 2.54. The molecule has 1 heterocycles. The van der Waals surface area contributed by atoms with Crippen LogP contribution in [-0.2, 0) is 0 Å². The zero-order valence-corrected chi connectivity index (χ0v) is 10.9. The van der Waals surface area contributed by atoms with Gasteiger partial charge in [-0.3, -0.25) is 0 Å². The molecule has 1 unspecified atom stereocenters. The summed E-state index contributed by atoms with van der Waals surface area (Å²) in [5, 5.41) is 9.37. The first kappa shape index (κ1) is 12.3. The fraction of sp³-hybridized carbons (Fsp3) is 0.533. The van der Waals surface area contributed by atoms with Gasteiger partial charge in [0.05, 0.1) is 24.7 Å². The molecule has 1 aromatic rings. The molecule has 0 radical (unpaired) electrons. The van der Waals surface area contributed by atoms with Crippen LogP contribution in [0.1, 0.15) is 37.3 Å². The van der Waals surface area contributed by atoms with Crippen LogP contribution in [0.4, 0.5) is 0 Å². The summed E-state index contributed by atoms with van der Waals surface area (Å²) in [4.78, 5) is 0. The van der Waals surface area contributed by atoms with Crippen molar-refractivity contribution in [2.45, 2.75) is 31.7 Å². The highest BCUT2D eigenvalue weighted by Gasteiger charge is 2.43. The van der Waals surface area contributed by atoms with Gasteiger partial charge >= 0.3 is 0 Å². The zero-order chi connectivity index (χ0) is 13.3. The van der Waals surface area contributed by atoms with Crippen LogP contribution in [0.3, 0.4) is 0 Å². The molecule has 4 heteroatoms. The summed E-state index contributed by atoms with van der Waals surface area (Å²) in [7, 11) is 0. The highest BCUT2D eigenvalue weighted by Crippen LogP contribution is 2.49. The molecule has 0 saturated heterocycles. The maximum atomic E-state index is 9.37. The van der Waals surface area contributed by atoms with Crippen LogP contribution in [0, 0.1) is 16.7 Å². The van der Waals surface area contributed by atoms with Crippen LogP contribution in [0.25, 0.3) is 0 Å². The van der Waals surface area contributed by atoms with Gasteiger partial charge in [-0.05, 0) is 30.5 Å². The molecule has 0 bridgehead atoms. The molecule has 2 aliphatic rings.